The molecule has 19 heavy (non-hydrogen) atoms. The summed E-state index contributed by atoms with van der Waals surface area (Å²) in [6, 6.07) is 9.59. The maximum atomic E-state index is 11.9. The van der Waals surface area contributed by atoms with E-state index in [-0.39, 0.29) is 0 Å². The first kappa shape index (κ1) is 13.1. The van der Waals surface area contributed by atoms with E-state index in [0.717, 1.165) is 16.2 Å². The van der Waals surface area contributed by atoms with E-state index in [1.165, 1.54) is 9.09 Å². The smallest absolute Gasteiger partial charge is 0.0602 e. The van der Waals surface area contributed by atoms with Gasteiger partial charge >= 0.3 is 0 Å². The van der Waals surface area contributed by atoms with Gasteiger partial charge in [-0.15, -0.1) is 23.1 Å². The van der Waals surface area contributed by atoms with Crippen LogP contribution in [0, 0.1) is 5.21 Å². The van der Waals surface area contributed by atoms with Crippen molar-refractivity contribution in [1.82, 2.24) is 0 Å². The van der Waals surface area contributed by atoms with Crippen molar-refractivity contribution in [1.29, 1.82) is 0 Å². The SMILES string of the molecule is CSc1ccc(C=C2CN([O-])c3ccc(Cl)cc32)s1. The van der Waals surface area contributed by atoms with Gasteiger partial charge in [-0.3, -0.25) is 0 Å². The third-order valence-electron chi connectivity index (χ3n) is 3.01. The Balaban J connectivity index is 2.01. The van der Waals surface area contributed by atoms with Crippen LogP contribution < -0.4 is 5.06 Å². The summed E-state index contributed by atoms with van der Waals surface area (Å²) >= 11 is 9.48. The van der Waals surface area contributed by atoms with E-state index in [1.807, 2.05) is 6.07 Å². The summed E-state index contributed by atoms with van der Waals surface area (Å²) in [6.45, 7) is 0.391. The molecule has 0 radical (unpaired) electrons. The Morgan fingerprint density at radius 2 is 2.21 bits per heavy atom. The van der Waals surface area contributed by atoms with E-state index in [4.69, 9.17) is 11.6 Å². The Bertz CT molecular complexity index is 651. The highest BCUT2D eigenvalue weighted by Crippen LogP contribution is 2.38. The lowest BCUT2D eigenvalue weighted by atomic mass is 10.1. The molecule has 0 unspecified atom stereocenters. The number of hydroxylamine groups is 1. The summed E-state index contributed by atoms with van der Waals surface area (Å²) in [4.78, 5) is 1.17. The Labute approximate surface area is 125 Å². The van der Waals surface area contributed by atoms with Crippen molar-refractivity contribution < 1.29 is 0 Å². The molecule has 1 aliphatic heterocycles. The molecular weight excluding hydrogens is 298 g/mol. The molecule has 0 N–H and O–H groups in total. The minimum atomic E-state index is 0.391. The van der Waals surface area contributed by atoms with Gasteiger partial charge in [0.05, 0.1) is 4.21 Å². The number of hydrogen-bond acceptors (Lipinski definition) is 4. The van der Waals surface area contributed by atoms with Crippen LogP contribution in [0.15, 0.2) is 34.5 Å². The summed E-state index contributed by atoms with van der Waals surface area (Å²) in [6.07, 6.45) is 4.14. The van der Waals surface area contributed by atoms with Crippen LogP contribution in [0.4, 0.5) is 5.69 Å². The average Bonchev–Trinajstić information content (AvgIpc) is 2.96. The number of thiophene rings is 1. The predicted molar refractivity (Wildman–Crippen MR) is 86.1 cm³/mol. The van der Waals surface area contributed by atoms with Gasteiger partial charge in [0.2, 0.25) is 0 Å². The molecule has 2 aromatic rings. The summed E-state index contributed by atoms with van der Waals surface area (Å²) in [5.41, 5.74) is 2.68. The van der Waals surface area contributed by atoms with E-state index >= 15 is 0 Å². The second-order valence-corrected chi connectivity index (χ2v) is 6.89. The van der Waals surface area contributed by atoms with E-state index in [9.17, 15) is 5.21 Å². The fourth-order valence-electron chi connectivity index (χ4n) is 2.12. The highest BCUT2D eigenvalue weighted by molar-refractivity contribution is 8.00. The number of rotatable bonds is 2. The largest absolute Gasteiger partial charge is 0.758 e. The quantitative estimate of drug-likeness (QED) is 0.732. The summed E-state index contributed by atoms with van der Waals surface area (Å²) < 4.78 is 1.27. The van der Waals surface area contributed by atoms with Gasteiger partial charge < -0.3 is 10.3 Å². The fourth-order valence-corrected chi connectivity index (χ4v) is 3.83. The number of benzene rings is 1. The Morgan fingerprint density at radius 3 is 2.95 bits per heavy atom. The lowest BCUT2D eigenvalue weighted by Gasteiger charge is -2.24. The second kappa shape index (κ2) is 5.21. The van der Waals surface area contributed by atoms with Crippen molar-refractivity contribution in [3.63, 3.8) is 0 Å². The molecule has 0 spiro atoms. The minimum absolute atomic E-state index is 0.391. The zero-order valence-electron chi connectivity index (χ0n) is 10.2. The molecule has 0 amide bonds. The maximum Gasteiger partial charge on any atom is 0.0602 e. The molecule has 0 fully saturated rings. The van der Waals surface area contributed by atoms with Gasteiger partial charge in [-0.05, 0) is 48.2 Å². The molecule has 0 bridgehead atoms. The highest BCUT2D eigenvalue weighted by atomic mass is 35.5. The molecule has 1 aliphatic rings. The van der Waals surface area contributed by atoms with Gasteiger partial charge in [-0.25, -0.2) is 0 Å². The van der Waals surface area contributed by atoms with E-state index in [1.54, 1.807) is 35.2 Å². The number of anilines is 1. The van der Waals surface area contributed by atoms with Crippen LogP contribution in [0.3, 0.4) is 0 Å². The van der Waals surface area contributed by atoms with Crippen LogP contribution in [0.5, 0.6) is 0 Å². The fraction of sp³-hybridized carbons (Fsp3) is 0.143. The number of fused-ring (bicyclic) bond motifs is 1. The van der Waals surface area contributed by atoms with Crippen molar-refractivity contribution in [2.24, 2.45) is 0 Å². The topological polar surface area (TPSA) is 26.3 Å². The van der Waals surface area contributed by atoms with Crippen molar-refractivity contribution in [2.75, 3.05) is 17.9 Å². The summed E-state index contributed by atoms with van der Waals surface area (Å²) in [7, 11) is 0. The van der Waals surface area contributed by atoms with E-state index in [2.05, 4.69) is 24.5 Å². The van der Waals surface area contributed by atoms with Gasteiger partial charge in [-0.2, -0.15) is 0 Å². The minimum Gasteiger partial charge on any atom is -0.758 e. The average molecular weight is 309 g/mol. The lowest BCUT2D eigenvalue weighted by molar-refractivity contribution is 1.17. The molecular formula is C14H11ClNOS2-. The molecule has 2 heterocycles. The van der Waals surface area contributed by atoms with Gasteiger partial charge in [0.25, 0.3) is 0 Å². The molecule has 2 nitrogen and oxygen atoms in total. The van der Waals surface area contributed by atoms with Crippen LogP contribution >= 0.6 is 34.7 Å². The van der Waals surface area contributed by atoms with Crippen LogP contribution in [-0.4, -0.2) is 12.8 Å². The normalized spacial score (nSPS) is 16.2. The molecule has 3 rings (SSSR count). The van der Waals surface area contributed by atoms with Gasteiger partial charge in [0.1, 0.15) is 0 Å². The Hall–Kier alpha value is -0.940. The third kappa shape index (κ3) is 2.54. The van der Waals surface area contributed by atoms with Gasteiger partial charge in [-0.1, -0.05) is 11.6 Å². The monoisotopic (exact) mass is 308 g/mol. The highest BCUT2D eigenvalue weighted by Gasteiger charge is 2.18. The number of halogens is 1. The molecule has 0 atom stereocenters. The van der Waals surface area contributed by atoms with Crippen LogP contribution in [0.1, 0.15) is 10.4 Å². The molecule has 1 aromatic carbocycles. The number of thioether (sulfide) groups is 1. The standard InChI is InChI=1S/C14H11ClNOS2/c1-18-14-5-3-11(19-14)6-9-8-16(17)13-4-2-10(15)7-12(9)13/h2-7H,8H2,1H3/q-1. The van der Waals surface area contributed by atoms with Crippen LogP contribution in [0.25, 0.3) is 11.6 Å². The van der Waals surface area contributed by atoms with E-state index in [0.29, 0.717) is 17.3 Å². The number of hydrogen-bond donors (Lipinski definition) is 0. The Kier molecular flexibility index (Phi) is 3.58. The van der Waals surface area contributed by atoms with Crippen LogP contribution in [-0.2, 0) is 0 Å². The van der Waals surface area contributed by atoms with Crippen molar-refractivity contribution >= 4 is 52.0 Å². The van der Waals surface area contributed by atoms with E-state index < -0.39 is 0 Å². The van der Waals surface area contributed by atoms with Gasteiger partial charge in [0.15, 0.2) is 0 Å². The molecule has 0 saturated carbocycles. The second-order valence-electron chi connectivity index (χ2n) is 4.23. The maximum absolute atomic E-state index is 11.9. The molecule has 1 aromatic heterocycles. The molecule has 5 heteroatoms. The summed E-state index contributed by atoms with van der Waals surface area (Å²) in [5.74, 6) is 0. The lowest BCUT2D eigenvalue weighted by Crippen LogP contribution is -2.09. The van der Waals surface area contributed by atoms with Crippen molar-refractivity contribution in [2.45, 2.75) is 4.21 Å². The third-order valence-corrected chi connectivity index (χ3v) is 5.36. The van der Waals surface area contributed by atoms with Crippen LogP contribution in [0.2, 0.25) is 5.02 Å². The summed E-state index contributed by atoms with van der Waals surface area (Å²) in [5, 5.41) is 13.5. The first-order valence-corrected chi connectivity index (χ1v) is 8.18. The zero-order valence-corrected chi connectivity index (χ0v) is 12.6. The van der Waals surface area contributed by atoms with Crippen molar-refractivity contribution in [3.8, 4) is 0 Å². The Morgan fingerprint density at radius 1 is 1.37 bits per heavy atom. The van der Waals surface area contributed by atoms with Gasteiger partial charge in [0, 0.05) is 27.7 Å². The molecule has 0 saturated heterocycles. The molecule has 98 valence electrons. The number of nitrogens with zero attached hydrogens (tertiary/aromatic N) is 1. The first-order chi connectivity index (χ1) is 9.17. The first-order valence-electron chi connectivity index (χ1n) is 5.76. The molecule has 0 aliphatic carbocycles. The predicted octanol–water partition coefficient (Wildman–Crippen LogP) is 4.98. The van der Waals surface area contributed by atoms with Crippen molar-refractivity contribution in [3.05, 3.63) is 51.0 Å². The zero-order chi connectivity index (χ0) is 13.4.